The minimum Gasteiger partial charge on any atom is -0.460 e. The van der Waals surface area contributed by atoms with Crippen molar-refractivity contribution in [3.63, 3.8) is 0 Å². The Kier molecular flexibility index (Phi) is 5.20. The van der Waals surface area contributed by atoms with Crippen LogP contribution in [0.4, 0.5) is 8.78 Å². The molecule has 0 radical (unpaired) electrons. The molecule has 5 rings (SSSR count). The molecule has 0 atom stereocenters. The third-order valence-electron chi connectivity index (χ3n) is 5.41. The predicted molar refractivity (Wildman–Crippen MR) is 123 cm³/mol. The van der Waals surface area contributed by atoms with Crippen LogP contribution in [0.2, 0.25) is 0 Å². The van der Waals surface area contributed by atoms with Crippen molar-refractivity contribution in [3.8, 4) is 33.8 Å². The number of fused-ring (bicyclic) bond motifs is 1. The largest absolute Gasteiger partial charge is 0.460 e. The van der Waals surface area contributed by atoms with Gasteiger partial charge in [-0.2, -0.15) is 0 Å². The first-order chi connectivity index (χ1) is 15.6. The lowest BCUT2D eigenvalue weighted by molar-refractivity contribution is 0.480. The van der Waals surface area contributed by atoms with Gasteiger partial charge >= 0.3 is 0 Å². The van der Waals surface area contributed by atoms with E-state index >= 15 is 0 Å². The van der Waals surface area contributed by atoms with Crippen LogP contribution < -0.4 is 4.74 Å². The quantitative estimate of drug-likeness (QED) is 0.281. The standard InChI is InChI=1S/C28H20F2O2/c1-2-24-16-21-15-20(17-27(28(21)32-24)19-3-7-22(29)8-4-19)18-5-11-25(12-6-18)31-26-13-9-23(30)10-14-26/h3-17H,2H2,1H3. The minimum atomic E-state index is -0.300. The first kappa shape index (κ1) is 20.0. The number of halogens is 2. The highest BCUT2D eigenvalue weighted by Crippen LogP contribution is 2.37. The van der Waals surface area contributed by atoms with Gasteiger partial charge in [-0.15, -0.1) is 0 Å². The minimum absolute atomic E-state index is 0.272. The van der Waals surface area contributed by atoms with Gasteiger partial charge in [0, 0.05) is 17.4 Å². The second kappa shape index (κ2) is 8.31. The zero-order chi connectivity index (χ0) is 22.1. The summed E-state index contributed by atoms with van der Waals surface area (Å²) in [4.78, 5) is 0. The maximum absolute atomic E-state index is 13.5. The molecule has 4 heteroatoms. The van der Waals surface area contributed by atoms with Gasteiger partial charge in [0.05, 0.1) is 0 Å². The summed E-state index contributed by atoms with van der Waals surface area (Å²) in [5.74, 6) is 1.57. The highest BCUT2D eigenvalue weighted by molar-refractivity contribution is 5.97. The van der Waals surface area contributed by atoms with Gasteiger partial charge in [0.1, 0.15) is 34.5 Å². The van der Waals surface area contributed by atoms with E-state index < -0.39 is 0 Å². The molecule has 5 aromatic rings. The maximum Gasteiger partial charge on any atom is 0.142 e. The average molecular weight is 426 g/mol. The lowest BCUT2D eigenvalue weighted by Crippen LogP contribution is -1.86. The number of hydrogen-bond donors (Lipinski definition) is 0. The zero-order valence-electron chi connectivity index (χ0n) is 17.4. The SMILES string of the molecule is CCc1cc2cc(-c3ccc(Oc4ccc(F)cc4)cc3)cc(-c3ccc(F)cc3)c2o1. The fourth-order valence-corrected chi connectivity index (χ4v) is 3.75. The van der Waals surface area contributed by atoms with Gasteiger partial charge < -0.3 is 9.15 Å². The predicted octanol–water partition coefficient (Wildman–Crippen LogP) is 8.40. The Morgan fingerprint density at radius 1 is 0.656 bits per heavy atom. The number of ether oxygens (including phenoxy) is 1. The van der Waals surface area contributed by atoms with E-state index in [1.807, 2.05) is 24.3 Å². The van der Waals surface area contributed by atoms with Gasteiger partial charge in [-0.25, -0.2) is 8.78 Å². The number of hydrogen-bond acceptors (Lipinski definition) is 2. The van der Waals surface area contributed by atoms with E-state index in [2.05, 4.69) is 25.1 Å². The monoisotopic (exact) mass is 426 g/mol. The van der Waals surface area contributed by atoms with E-state index in [0.717, 1.165) is 45.4 Å². The molecule has 0 aliphatic rings. The molecule has 0 fully saturated rings. The molecule has 0 bridgehead atoms. The van der Waals surface area contributed by atoms with Gasteiger partial charge in [0.25, 0.3) is 0 Å². The van der Waals surface area contributed by atoms with E-state index in [1.54, 1.807) is 24.3 Å². The van der Waals surface area contributed by atoms with Crippen LogP contribution in [-0.4, -0.2) is 0 Å². The van der Waals surface area contributed by atoms with Crippen LogP contribution in [-0.2, 0) is 6.42 Å². The normalized spacial score (nSPS) is 11.1. The van der Waals surface area contributed by atoms with Crippen molar-refractivity contribution in [2.75, 3.05) is 0 Å². The third kappa shape index (κ3) is 4.00. The highest BCUT2D eigenvalue weighted by Gasteiger charge is 2.13. The first-order valence-electron chi connectivity index (χ1n) is 10.5. The topological polar surface area (TPSA) is 22.4 Å². The molecule has 0 amide bonds. The molecule has 0 N–H and O–H groups in total. The summed E-state index contributed by atoms with van der Waals surface area (Å²) in [6, 6.07) is 26.3. The van der Waals surface area contributed by atoms with Crippen molar-refractivity contribution in [3.05, 3.63) is 108 Å². The molecular formula is C28H20F2O2. The molecule has 1 heterocycles. The molecule has 32 heavy (non-hydrogen) atoms. The summed E-state index contributed by atoms with van der Waals surface area (Å²) in [5, 5.41) is 1.00. The summed E-state index contributed by atoms with van der Waals surface area (Å²) < 4.78 is 38.5. The number of furan rings is 1. The number of aryl methyl sites for hydroxylation is 1. The van der Waals surface area contributed by atoms with Crippen molar-refractivity contribution < 1.29 is 17.9 Å². The van der Waals surface area contributed by atoms with Gasteiger partial charge in [0.15, 0.2) is 0 Å². The van der Waals surface area contributed by atoms with Crippen molar-refractivity contribution in [2.45, 2.75) is 13.3 Å². The lowest BCUT2D eigenvalue weighted by atomic mass is 9.96. The van der Waals surface area contributed by atoms with Gasteiger partial charge in [0.2, 0.25) is 0 Å². The highest BCUT2D eigenvalue weighted by atomic mass is 19.1. The molecular weight excluding hydrogens is 406 g/mol. The Morgan fingerprint density at radius 3 is 1.84 bits per heavy atom. The zero-order valence-corrected chi connectivity index (χ0v) is 17.4. The van der Waals surface area contributed by atoms with E-state index in [0.29, 0.717) is 11.5 Å². The smallest absolute Gasteiger partial charge is 0.142 e. The molecule has 2 nitrogen and oxygen atoms in total. The summed E-state index contributed by atoms with van der Waals surface area (Å²) in [6.07, 6.45) is 0.794. The first-order valence-corrected chi connectivity index (χ1v) is 10.5. The van der Waals surface area contributed by atoms with Crippen LogP contribution in [0.15, 0.2) is 95.4 Å². The number of rotatable bonds is 5. The average Bonchev–Trinajstić information content (AvgIpc) is 3.24. The molecule has 0 aliphatic carbocycles. The third-order valence-corrected chi connectivity index (χ3v) is 5.41. The molecule has 4 aromatic carbocycles. The van der Waals surface area contributed by atoms with E-state index in [4.69, 9.17) is 9.15 Å². The van der Waals surface area contributed by atoms with Crippen molar-refractivity contribution >= 4 is 11.0 Å². The molecule has 0 spiro atoms. The Morgan fingerprint density at radius 2 is 1.22 bits per heavy atom. The van der Waals surface area contributed by atoms with Crippen LogP contribution in [0.3, 0.4) is 0 Å². The Hall–Kier alpha value is -3.92. The molecule has 0 unspecified atom stereocenters. The van der Waals surface area contributed by atoms with Crippen LogP contribution >= 0.6 is 0 Å². The van der Waals surface area contributed by atoms with Crippen LogP contribution in [0.1, 0.15) is 12.7 Å². The summed E-state index contributed by atoms with van der Waals surface area (Å²) in [7, 11) is 0. The van der Waals surface area contributed by atoms with Crippen LogP contribution in [0.5, 0.6) is 11.5 Å². The van der Waals surface area contributed by atoms with Crippen molar-refractivity contribution in [1.82, 2.24) is 0 Å². The second-order valence-electron chi connectivity index (χ2n) is 7.60. The van der Waals surface area contributed by atoms with Crippen molar-refractivity contribution in [1.29, 1.82) is 0 Å². The van der Waals surface area contributed by atoms with Crippen LogP contribution in [0.25, 0.3) is 33.2 Å². The Bertz CT molecular complexity index is 1370. The van der Waals surface area contributed by atoms with E-state index in [-0.39, 0.29) is 11.6 Å². The van der Waals surface area contributed by atoms with E-state index in [1.165, 1.54) is 24.3 Å². The Labute approximate surface area is 184 Å². The fraction of sp³-hybridized carbons (Fsp3) is 0.0714. The molecule has 158 valence electrons. The lowest BCUT2D eigenvalue weighted by Gasteiger charge is -2.10. The Balaban J connectivity index is 1.53. The maximum atomic E-state index is 13.5. The summed E-state index contributed by atoms with van der Waals surface area (Å²) in [6.45, 7) is 2.05. The summed E-state index contributed by atoms with van der Waals surface area (Å²) in [5.41, 5.74) is 4.65. The molecule has 1 aromatic heterocycles. The fourth-order valence-electron chi connectivity index (χ4n) is 3.75. The van der Waals surface area contributed by atoms with Gasteiger partial charge in [-0.3, -0.25) is 0 Å². The molecule has 0 saturated heterocycles. The van der Waals surface area contributed by atoms with Gasteiger partial charge in [-0.1, -0.05) is 31.2 Å². The number of benzene rings is 4. The molecule has 0 saturated carbocycles. The summed E-state index contributed by atoms with van der Waals surface area (Å²) >= 11 is 0. The van der Waals surface area contributed by atoms with E-state index in [9.17, 15) is 8.78 Å². The van der Waals surface area contributed by atoms with Crippen LogP contribution in [0, 0.1) is 11.6 Å². The molecule has 0 aliphatic heterocycles. The van der Waals surface area contributed by atoms with Crippen molar-refractivity contribution in [2.24, 2.45) is 0 Å². The van der Waals surface area contributed by atoms with Gasteiger partial charge in [-0.05, 0) is 83.4 Å². The second-order valence-corrected chi connectivity index (χ2v) is 7.60.